The lowest BCUT2D eigenvalue weighted by Crippen LogP contribution is -2.19. The zero-order valence-corrected chi connectivity index (χ0v) is 9.59. The molecule has 6 heteroatoms. The van der Waals surface area contributed by atoms with Crippen molar-refractivity contribution >= 4 is 11.4 Å². The number of nitriles is 1. The van der Waals surface area contributed by atoms with E-state index in [0.717, 1.165) is 0 Å². The quantitative estimate of drug-likeness (QED) is 0.473. The monoisotopic (exact) mass is 234 g/mol. The topological polar surface area (TPSA) is 96.2 Å². The Morgan fingerprint density at radius 2 is 2.29 bits per heavy atom. The zero-order chi connectivity index (χ0) is 12.8. The molecule has 0 saturated carbocycles. The van der Waals surface area contributed by atoms with E-state index >= 15 is 0 Å². The molecule has 0 unspecified atom stereocenters. The van der Waals surface area contributed by atoms with Gasteiger partial charge in [-0.3, -0.25) is 10.1 Å². The fourth-order valence-electron chi connectivity index (χ4n) is 1.51. The van der Waals surface area contributed by atoms with Crippen LogP contribution in [-0.4, -0.2) is 23.4 Å². The molecular formula is C11H14N4O2. The molecule has 0 bridgehead atoms. The standard InChI is InChI=1S/C11H14N4O2/c1-14(7-3-6-12)8-9-4-2-5-10(11(9)13)15(16)17/h2,4-5H,3,7-8,13H2,1H3. The summed E-state index contributed by atoms with van der Waals surface area (Å²) in [6, 6.07) is 6.80. The van der Waals surface area contributed by atoms with Gasteiger partial charge in [0.2, 0.25) is 0 Å². The first-order valence-corrected chi connectivity index (χ1v) is 5.13. The number of nitrogen functional groups attached to an aromatic ring is 1. The minimum atomic E-state index is -0.492. The Morgan fingerprint density at radius 1 is 1.59 bits per heavy atom. The van der Waals surface area contributed by atoms with Crippen molar-refractivity contribution in [3.8, 4) is 6.07 Å². The number of hydrogen-bond donors (Lipinski definition) is 1. The third-order valence-corrected chi connectivity index (χ3v) is 2.42. The van der Waals surface area contributed by atoms with Crippen molar-refractivity contribution < 1.29 is 4.92 Å². The summed E-state index contributed by atoms with van der Waals surface area (Å²) in [6.45, 7) is 1.10. The molecule has 0 amide bonds. The van der Waals surface area contributed by atoms with Gasteiger partial charge >= 0.3 is 0 Å². The summed E-state index contributed by atoms with van der Waals surface area (Å²) < 4.78 is 0. The first-order chi connectivity index (χ1) is 8.06. The summed E-state index contributed by atoms with van der Waals surface area (Å²) in [4.78, 5) is 12.1. The van der Waals surface area contributed by atoms with Crippen LogP contribution in [0.1, 0.15) is 12.0 Å². The Morgan fingerprint density at radius 3 is 2.88 bits per heavy atom. The molecule has 0 saturated heterocycles. The SMILES string of the molecule is CN(CCC#N)Cc1cccc([N+](=O)[O-])c1N. The summed E-state index contributed by atoms with van der Waals surface area (Å²) in [5.74, 6) is 0. The maximum atomic E-state index is 10.7. The lowest BCUT2D eigenvalue weighted by atomic mass is 10.1. The van der Waals surface area contributed by atoms with Crippen molar-refractivity contribution in [1.82, 2.24) is 4.90 Å². The molecule has 6 nitrogen and oxygen atoms in total. The largest absolute Gasteiger partial charge is 0.393 e. The molecule has 90 valence electrons. The first-order valence-electron chi connectivity index (χ1n) is 5.13. The number of hydrogen-bond acceptors (Lipinski definition) is 5. The third-order valence-electron chi connectivity index (χ3n) is 2.42. The minimum absolute atomic E-state index is 0.0730. The van der Waals surface area contributed by atoms with Gasteiger partial charge in [-0.1, -0.05) is 12.1 Å². The Labute approximate surface area is 99.4 Å². The van der Waals surface area contributed by atoms with E-state index in [-0.39, 0.29) is 11.4 Å². The summed E-state index contributed by atoms with van der Waals surface area (Å²) in [5, 5.41) is 19.2. The molecule has 0 aromatic heterocycles. The zero-order valence-electron chi connectivity index (χ0n) is 9.59. The number of nitrogens with zero attached hydrogens (tertiary/aromatic N) is 3. The van der Waals surface area contributed by atoms with Crippen molar-refractivity contribution in [2.75, 3.05) is 19.3 Å². The smallest absolute Gasteiger partial charge is 0.292 e. The average Bonchev–Trinajstić information content (AvgIpc) is 2.28. The van der Waals surface area contributed by atoms with Gasteiger partial charge in [-0.2, -0.15) is 5.26 Å². The highest BCUT2D eigenvalue weighted by atomic mass is 16.6. The van der Waals surface area contributed by atoms with Gasteiger partial charge in [-0.15, -0.1) is 0 Å². The highest BCUT2D eigenvalue weighted by Crippen LogP contribution is 2.25. The molecule has 0 aliphatic heterocycles. The van der Waals surface area contributed by atoms with Crippen LogP contribution in [0.25, 0.3) is 0 Å². The van der Waals surface area contributed by atoms with Crippen LogP contribution in [-0.2, 0) is 6.54 Å². The molecule has 0 spiro atoms. The molecule has 0 aliphatic rings. The highest BCUT2D eigenvalue weighted by molar-refractivity contribution is 5.62. The van der Waals surface area contributed by atoms with Crippen LogP contribution in [0, 0.1) is 21.4 Å². The first kappa shape index (κ1) is 12.9. The molecule has 0 fully saturated rings. The van der Waals surface area contributed by atoms with Crippen LogP contribution in [0.5, 0.6) is 0 Å². The normalized spacial score (nSPS) is 10.2. The van der Waals surface area contributed by atoms with Crippen molar-refractivity contribution in [2.45, 2.75) is 13.0 Å². The Hall–Kier alpha value is -2.13. The molecule has 2 N–H and O–H groups in total. The highest BCUT2D eigenvalue weighted by Gasteiger charge is 2.14. The van der Waals surface area contributed by atoms with Crippen LogP contribution in [0.3, 0.4) is 0 Å². The van der Waals surface area contributed by atoms with E-state index in [4.69, 9.17) is 11.0 Å². The van der Waals surface area contributed by atoms with Gasteiger partial charge < -0.3 is 10.6 Å². The van der Waals surface area contributed by atoms with Crippen LogP contribution in [0.4, 0.5) is 11.4 Å². The fourth-order valence-corrected chi connectivity index (χ4v) is 1.51. The van der Waals surface area contributed by atoms with Gasteiger partial charge in [0.25, 0.3) is 5.69 Å². The Balaban J connectivity index is 2.82. The number of para-hydroxylation sites is 1. The van der Waals surface area contributed by atoms with Crippen molar-refractivity contribution in [2.24, 2.45) is 0 Å². The maximum Gasteiger partial charge on any atom is 0.292 e. The second kappa shape index (κ2) is 5.82. The van der Waals surface area contributed by atoms with Crippen LogP contribution < -0.4 is 5.73 Å². The van der Waals surface area contributed by atoms with E-state index < -0.39 is 4.92 Å². The van der Waals surface area contributed by atoms with Crippen LogP contribution >= 0.6 is 0 Å². The number of anilines is 1. The number of rotatable bonds is 5. The predicted octanol–water partition coefficient (Wildman–Crippen LogP) is 1.52. The molecule has 1 rings (SSSR count). The fraction of sp³-hybridized carbons (Fsp3) is 0.364. The molecule has 0 radical (unpaired) electrons. The average molecular weight is 234 g/mol. The molecule has 0 atom stereocenters. The maximum absolute atomic E-state index is 10.7. The molecule has 17 heavy (non-hydrogen) atoms. The third kappa shape index (κ3) is 3.43. The van der Waals surface area contributed by atoms with Gasteiger partial charge in [0.1, 0.15) is 5.69 Å². The summed E-state index contributed by atoms with van der Waals surface area (Å²) in [5.41, 5.74) is 6.56. The van der Waals surface area contributed by atoms with Crippen molar-refractivity contribution in [3.63, 3.8) is 0 Å². The van der Waals surface area contributed by atoms with Crippen LogP contribution in [0.15, 0.2) is 18.2 Å². The second-order valence-electron chi connectivity index (χ2n) is 3.75. The molecule has 0 heterocycles. The van der Waals surface area contributed by atoms with Gasteiger partial charge in [0, 0.05) is 25.6 Å². The summed E-state index contributed by atoms with van der Waals surface area (Å²) >= 11 is 0. The summed E-state index contributed by atoms with van der Waals surface area (Å²) in [6.07, 6.45) is 0.422. The van der Waals surface area contributed by atoms with E-state index in [0.29, 0.717) is 25.1 Å². The molecule has 1 aromatic rings. The number of nitro groups is 1. The molecule has 1 aromatic carbocycles. The van der Waals surface area contributed by atoms with Crippen molar-refractivity contribution in [3.05, 3.63) is 33.9 Å². The number of benzene rings is 1. The Bertz CT molecular complexity index is 453. The second-order valence-corrected chi connectivity index (χ2v) is 3.75. The lowest BCUT2D eigenvalue weighted by molar-refractivity contribution is -0.384. The Kier molecular flexibility index (Phi) is 4.43. The van der Waals surface area contributed by atoms with E-state index in [1.165, 1.54) is 6.07 Å². The predicted molar refractivity (Wildman–Crippen MR) is 64.1 cm³/mol. The van der Waals surface area contributed by atoms with E-state index in [2.05, 4.69) is 0 Å². The van der Waals surface area contributed by atoms with E-state index in [1.807, 2.05) is 18.0 Å². The van der Waals surface area contributed by atoms with E-state index in [1.54, 1.807) is 12.1 Å². The van der Waals surface area contributed by atoms with Gasteiger partial charge in [-0.25, -0.2) is 0 Å². The van der Waals surface area contributed by atoms with Crippen LogP contribution in [0.2, 0.25) is 0 Å². The van der Waals surface area contributed by atoms with Gasteiger partial charge in [-0.05, 0) is 12.6 Å². The lowest BCUT2D eigenvalue weighted by Gasteiger charge is -2.15. The number of nitrogens with two attached hydrogens (primary N) is 1. The van der Waals surface area contributed by atoms with Gasteiger partial charge in [0.15, 0.2) is 0 Å². The summed E-state index contributed by atoms with van der Waals surface area (Å²) in [7, 11) is 1.84. The van der Waals surface area contributed by atoms with E-state index in [9.17, 15) is 10.1 Å². The minimum Gasteiger partial charge on any atom is -0.393 e. The molecule has 0 aliphatic carbocycles. The number of nitro benzene ring substituents is 1. The van der Waals surface area contributed by atoms with Gasteiger partial charge in [0.05, 0.1) is 11.0 Å². The molecular weight excluding hydrogens is 220 g/mol. The van der Waals surface area contributed by atoms with Crippen molar-refractivity contribution in [1.29, 1.82) is 5.26 Å².